The van der Waals surface area contributed by atoms with Crippen LogP contribution < -0.4 is 24.3 Å². The smallest absolute Gasteiger partial charge is 0.252 e. The Hall–Kier alpha value is -2.89. The molecule has 0 spiro atoms. The van der Waals surface area contributed by atoms with Gasteiger partial charge in [-0.25, -0.2) is 0 Å². The highest BCUT2D eigenvalue weighted by atomic mass is 16.5. The molecule has 1 aliphatic rings. The summed E-state index contributed by atoms with van der Waals surface area (Å²) in [6.45, 7) is 0.412. The van der Waals surface area contributed by atoms with Crippen LogP contribution in [-0.2, 0) is 0 Å². The van der Waals surface area contributed by atoms with Gasteiger partial charge in [0.1, 0.15) is 12.4 Å². The number of ether oxygens (including phenoxy) is 4. The van der Waals surface area contributed by atoms with Crippen molar-refractivity contribution >= 4 is 5.91 Å². The normalized spacial score (nSPS) is 15.2. The number of carbonyl (C=O) groups is 1. The van der Waals surface area contributed by atoms with E-state index in [1.807, 2.05) is 24.3 Å². The zero-order valence-electron chi connectivity index (χ0n) is 13.8. The molecule has 126 valence electrons. The van der Waals surface area contributed by atoms with E-state index < -0.39 is 0 Å². The van der Waals surface area contributed by atoms with Crippen LogP contribution in [0.15, 0.2) is 36.4 Å². The first-order valence-corrected chi connectivity index (χ1v) is 7.50. The zero-order valence-corrected chi connectivity index (χ0v) is 13.8. The average Bonchev–Trinajstić information content (AvgIpc) is 3.03. The Morgan fingerprint density at radius 1 is 1.08 bits per heavy atom. The molecule has 1 aliphatic heterocycles. The van der Waals surface area contributed by atoms with Crippen LogP contribution in [-0.4, -0.2) is 33.8 Å². The number of carbonyl (C=O) groups excluding carboxylic acids is 1. The van der Waals surface area contributed by atoms with Crippen molar-refractivity contribution in [3.63, 3.8) is 0 Å². The third kappa shape index (κ3) is 2.82. The summed E-state index contributed by atoms with van der Waals surface area (Å²) in [5.74, 6) is 1.88. The van der Waals surface area contributed by atoms with Crippen LogP contribution in [0.25, 0.3) is 0 Å². The first-order chi connectivity index (χ1) is 11.7. The van der Waals surface area contributed by atoms with E-state index in [0.717, 1.165) is 11.3 Å². The van der Waals surface area contributed by atoms with Crippen LogP contribution in [0.5, 0.6) is 23.0 Å². The van der Waals surface area contributed by atoms with Crippen molar-refractivity contribution in [2.24, 2.45) is 0 Å². The maximum absolute atomic E-state index is 12.6. The van der Waals surface area contributed by atoms with Gasteiger partial charge in [0.25, 0.3) is 5.91 Å². The maximum Gasteiger partial charge on any atom is 0.252 e. The highest BCUT2D eigenvalue weighted by Crippen LogP contribution is 2.38. The predicted molar refractivity (Wildman–Crippen MR) is 88.2 cm³/mol. The Morgan fingerprint density at radius 3 is 2.38 bits per heavy atom. The van der Waals surface area contributed by atoms with Gasteiger partial charge in [0.15, 0.2) is 11.5 Å². The highest BCUT2D eigenvalue weighted by Gasteiger charge is 2.26. The van der Waals surface area contributed by atoms with Crippen LogP contribution in [0.4, 0.5) is 0 Å². The summed E-state index contributed by atoms with van der Waals surface area (Å²) in [4.78, 5) is 12.6. The van der Waals surface area contributed by atoms with Crippen LogP contribution in [0.1, 0.15) is 22.0 Å². The number of fused-ring (bicyclic) bond motifs is 1. The van der Waals surface area contributed by atoms with Crippen molar-refractivity contribution in [2.45, 2.75) is 6.04 Å². The van der Waals surface area contributed by atoms with Crippen LogP contribution >= 0.6 is 0 Å². The molecule has 1 amide bonds. The lowest BCUT2D eigenvalue weighted by atomic mass is 10.1. The molecule has 2 aromatic carbocycles. The lowest BCUT2D eigenvalue weighted by Gasteiger charge is -2.16. The summed E-state index contributed by atoms with van der Waals surface area (Å²) < 4.78 is 21.4. The van der Waals surface area contributed by atoms with E-state index >= 15 is 0 Å². The Balaban J connectivity index is 1.86. The number of benzene rings is 2. The van der Waals surface area contributed by atoms with Crippen molar-refractivity contribution in [1.82, 2.24) is 5.32 Å². The van der Waals surface area contributed by atoms with Gasteiger partial charge in [-0.15, -0.1) is 0 Å². The lowest BCUT2D eigenvalue weighted by Crippen LogP contribution is -2.29. The molecule has 0 saturated carbocycles. The molecule has 0 bridgehead atoms. The lowest BCUT2D eigenvalue weighted by molar-refractivity contribution is 0.0929. The summed E-state index contributed by atoms with van der Waals surface area (Å²) in [6, 6.07) is 10.7. The molecule has 1 unspecified atom stereocenters. The molecule has 1 atom stereocenters. The summed E-state index contributed by atoms with van der Waals surface area (Å²) >= 11 is 0. The second kappa shape index (κ2) is 6.70. The Kier molecular flexibility index (Phi) is 4.46. The van der Waals surface area contributed by atoms with E-state index in [4.69, 9.17) is 18.9 Å². The van der Waals surface area contributed by atoms with E-state index in [9.17, 15) is 4.79 Å². The largest absolute Gasteiger partial charge is 0.493 e. The fraction of sp³-hybridized carbons (Fsp3) is 0.278. The second-order valence-electron chi connectivity index (χ2n) is 5.29. The van der Waals surface area contributed by atoms with Crippen molar-refractivity contribution in [3.8, 4) is 23.0 Å². The SMILES string of the molecule is COc1cc(C(=O)NC2COc3ccccc32)cc(OC)c1OC. The zero-order chi connectivity index (χ0) is 17.1. The van der Waals surface area contributed by atoms with Gasteiger partial charge >= 0.3 is 0 Å². The van der Waals surface area contributed by atoms with E-state index in [0.29, 0.717) is 29.4 Å². The van der Waals surface area contributed by atoms with E-state index in [-0.39, 0.29) is 11.9 Å². The number of methoxy groups -OCH3 is 3. The molecule has 3 rings (SSSR count). The number of hydrogen-bond acceptors (Lipinski definition) is 5. The Labute approximate surface area is 140 Å². The van der Waals surface area contributed by atoms with E-state index in [2.05, 4.69) is 5.32 Å². The molecular weight excluding hydrogens is 310 g/mol. The summed E-state index contributed by atoms with van der Waals surface area (Å²) in [7, 11) is 4.55. The van der Waals surface area contributed by atoms with Gasteiger partial charge in [-0.2, -0.15) is 0 Å². The van der Waals surface area contributed by atoms with Gasteiger partial charge in [-0.05, 0) is 18.2 Å². The fourth-order valence-electron chi connectivity index (χ4n) is 2.74. The minimum Gasteiger partial charge on any atom is -0.493 e. The predicted octanol–water partition coefficient (Wildman–Crippen LogP) is 2.58. The number of nitrogens with one attached hydrogen (secondary N) is 1. The van der Waals surface area contributed by atoms with Crippen LogP contribution in [0, 0.1) is 0 Å². The molecule has 2 aromatic rings. The molecule has 6 heteroatoms. The number of amides is 1. The number of para-hydroxylation sites is 1. The minimum atomic E-state index is -0.237. The Morgan fingerprint density at radius 2 is 1.75 bits per heavy atom. The first-order valence-electron chi connectivity index (χ1n) is 7.50. The van der Waals surface area contributed by atoms with Gasteiger partial charge < -0.3 is 24.3 Å². The molecule has 6 nitrogen and oxygen atoms in total. The van der Waals surface area contributed by atoms with Crippen molar-refractivity contribution in [1.29, 1.82) is 0 Å². The molecule has 1 heterocycles. The molecular formula is C18H19NO5. The van der Waals surface area contributed by atoms with Gasteiger partial charge in [0.2, 0.25) is 5.75 Å². The molecule has 24 heavy (non-hydrogen) atoms. The van der Waals surface area contributed by atoms with E-state index in [1.54, 1.807) is 12.1 Å². The quantitative estimate of drug-likeness (QED) is 0.913. The average molecular weight is 329 g/mol. The Bertz CT molecular complexity index is 734. The fourth-order valence-corrected chi connectivity index (χ4v) is 2.74. The third-order valence-electron chi connectivity index (χ3n) is 3.93. The third-order valence-corrected chi connectivity index (χ3v) is 3.93. The van der Waals surface area contributed by atoms with Crippen LogP contribution in [0.2, 0.25) is 0 Å². The standard InChI is InChI=1S/C18H19NO5/c1-21-15-8-11(9-16(22-2)17(15)23-3)18(20)19-13-10-24-14-7-5-4-6-12(13)14/h4-9,13H,10H2,1-3H3,(H,19,20). The minimum absolute atomic E-state index is 0.187. The molecule has 0 aliphatic carbocycles. The topological polar surface area (TPSA) is 66.0 Å². The summed E-state index contributed by atoms with van der Waals surface area (Å²) in [5.41, 5.74) is 1.40. The van der Waals surface area contributed by atoms with Crippen molar-refractivity contribution in [2.75, 3.05) is 27.9 Å². The van der Waals surface area contributed by atoms with Gasteiger partial charge in [0.05, 0.1) is 27.4 Å². The second-order valence-corrected chi connectivity index (χ2v) is 5.29. The maximum atomic E-state index is 12.6. The molecule has 0 radical (unpaired) electrons. The van der Waals surface area contributed by atoms with Crippen LogP contribution in [0.3, 0.4) is 0 Å². The van der Waals surface area contributed by atoms with Crippen molar-refractivity contribution < 1.29 is 23.7 Å². The van der Waals surface area contributed by atoms with E-state index in [1.165, 1.54) is 21.3 Å². The summed E-state index contributed by atoms with van der Waals surface area (Å²) in [5, 5.41) is 2.98. The number of rotatable bonds is 5. The van der Waals surface area contributed by atoms with Gasteiger partial charge in [-0.3, -0.25) is 4.79 Å². The summed E-state index contributed by atoms with van der Waals surface area (Å²) in [6.07, 6.45) is 0. The van der Waals surface area contributed by atoms with Gasteiger partial charge in [0, 0.05) is 11.1 Å². The molecule has 0 aromatic heterocycles. The van der Waals surface area contributed by atoms with Gasteiger partial charge in [-0.1, -0.05) is 18.2 Å². The van der Waals surface area contributed by atoms with Crippen molar-refractivity contribution in [3.05, 3.63) is 47.5 Å². The highest BCUT2D eigenvalue weighted by molar-refractivity contribution is 5.96. The molecule has 0 fully saturated rings. The molecule has 0 saturated heterocycles. The molecule has 1 N–H and O–H groups in total. The monoisotopic (exact) mass is 329 g/mol. The number of hydrogen-bond donors (Lipinski definition) is 1. The first kappa shape index (κ1) is 16.0.